The van der Waals surface area contributed by atoms with Gasteiger partial charge in [-0.3, -0.25) is 8.75 Å². The van der Waals surface area contributed by atoms with Crippen molar-refractivity contribution in [1.29, 1.82) is 0 Å². The summed E-state index contributed by atoms with van der Waals surface area (Å²) in [4.78, 5) is -1.45. The fourth-order valence-electron chi connectivity index (χ4n) is 1.64. The molecule has 0 N–H and O–H groups in total. The van der Waals surface area contributed by atoms with Crippen molar-refractivity contribution in [1.82, 2.24) is 0 Å². The van der Waals surface area contributed by atoms with E-state index in [1.807, 2.05) is 0 Å². The zero-order valence-corrected chi connectivity index (χ0v) is 16.1. The molecule has 0 aliphatic heterocycles. The molecule has 1 unspecified atom stereocenters. The standard InChI is InChI=1S/C12H15ClF3O5PS2/c1-8(2)21-22(3,17)7-20-24(18,19)11-9(13)5-4-6-10(11)23-12(14,15)16/h4-6,8H,7H2,1-3H3. The third-order valence-corrected chi connectivity index (χ3v) is 6.64. The Hall–Kier alpha value is -0.250. The maximum Gasteiger partial charge on any atom is 0.446 e. The van der Waals surface area contributed by atoms with Gasteiger partial charge in [0.2, 0.25) is 7.37 Å². The van der Waals surface area contributed by atoms with E-state index < -0.39 is 62.0 Å². The molecule has 0 aromatic heterocycles. The van der Waals surface area contributed by atoms with E-state index in [0.29, 0.717) is 0 Å². The molecule has 0 spiro atoms. The van der Waals surface area contributed by atoms with Crippen LogP contribution in [0.15, 0.2) is 28.0 Å². The highest BCUT2D eigenvalue weighted by Gasteiger charge is 2.35. The number of benzene rings is 1. The molecule has 1 aromatic carbocycles. The van der Waals surface area contributed by atoms with Crippen LogP contribution in [-0.2, 0) is 23.4 Å². The van der Waals surface area contributed by atoms with Gasteiger partial charge in [0, 0.05) is 11.6 Å². The van der Waals surface area contributed by atoms with Crippen LogP contribution in [0.3, 0.4) is 0 Å². The third kappa shape index (κ3) is 6.93. The van der Waals surface area contributed by atoms with Crippen molar-refractivity contribution in [2.45, 2.75) is 35.3 Å². The summed E-state index contributed by atoms with van der Waals surface area (Å²) in [5, 5.41) is -0.431. The highest BCUT2D eigenvalue weighted by Crippen LogP contribution is 2.46. The summed E-state index contributed by atoms with van der Waals surface area (Å²) in [5.74, 6) is 0. The Balaban J connectivity index is 3.13. The van der Waals surface area contributed by atoms with Crippen molar-refractivity contribution < 1.29 is 34.9 Å². The van der Waals surface area contributed by atoms with Crippen LogP contribution < -0.4 is 0 Å². The van der Waals surface area contributed by atoms with E-state index in [1.54, 1.807) is 13.8 Å². The van der Waals surface area contributed by atoms with E-state index in [2.05, 4.69) is 4.18 Å². The maximum atomic E-state index is 12.6. The Morgan fingerprint density at radius 1 is 1.33 bits per heavy atom. The molecular weight excluding hydrogens is 412 g/mol. The first-order valence-electron chi connectivity index (χ1n) is 6.42. The van der Waals surface area contributed by atoms with Crippen LogP contribution in [0.25, 0.3) is 0 Å². The highest BCUT2D eigenvalue weighted by molar-refractivity contribution is 8.00. The van der Waals surface area contributed by atoms with Gasteiger partial charge in [-0.05, 0) is 37.7 Å². The number of alkyl halides is 3. The number of rotatable bonds is 7. The Labute approximate surface area is 147 Å². The van der Waals surface area contributed by atoms with Crippen LogP contribution >= 0.6 is 30.7 Å². The van der Waals surface area contributed by atoms with Crippen molar-refractivity contribution in [3.63, 3.8) is 0 Å². The lowest BCUT2D eigenvalue weighted by Crippen LogP contribution is -2.13. The molecule has 0 aliphatic rings. The van der Waals surface area contributed by atoms with Crippen LogP contribution in [0.4, 0.5) is 13.2 Å². The highest BCUT2D eigenvalue weighted by atomic mass is 35.5. The summed E-state index contributed by atoms with van der Waals surface area (Å²) in [7, 11) is -8.08. The number of hydrogen-bond donors (Lipinski definition) is 0. The smallest absolute Gasteiger partial charge is 0.324 e. The molecule has 1 rings (SSSR count). The number of hydrogen-bond acceptors (Lipinski definition) is 6. The van der Waals surface area contributed by atoms with Gasteiger partial charge in [0.1, 0.15) is 11.2 Å². The van der Waals surface area contributed by atoms with Gasteiger partial charge in [-0.15, -0.1) is 0 Å². The average Bonchev–Trinajstić information content (AvgIpc) is 2.33. The quantitative estimate of drug-likeness (QED) is 0.349. The van der Waals surface area contributed by atoms with Crippen LogP contribution in [0.5, 0.6) is 0 Å². The third-order valence-electron chi connectivity index (χ3n) is 2.28. The second-order valence-corrected chi connectivity index (χ2v) is 10.5. The zero-order chi connectivity index (χ0) is 18.8. The molecule has 24 heavy (non-hydrogen) atoms. The summed E-state index contributed by atoms with van der Waals surface area (Å²) in [5.41, 5.74) is -4.71. The van der Waals surface area contributed by atoms with E-state index in [1.165, 1.54) is 12.7 Å². The Bertz CT molecular complexity index is 737. The molecule has 0 saturated carbocycles. The fourth-order valence-corrected chi connectivity index (χ4v) is 6.19. The zero-order valence-electron chi connectivity index (χ0n) is 12.8. The number of thioether (sulfide) groups is 1. The summed E-state index contributed by atoms with van der Waals surface area (Å²) < 4.78 is 84.0. The molecule has 0 saturated heterocycles. The van der Waals surface area contributed by atoms with Gasteiger partial charge in [-0.25, -0.2) is 0 Å². The average molecular weight is 427 g/mol. The van der Waals surface area contributed by atoms with Gasteiger partial charge in [0.25, 0.3) is 10.1 Å². The topological polar surface area (TPSA) is 69.7 Å². The SMILES string of the molecule is CC(C)OP(C)(=O)COS(=O)(=O)c1c(Cl)cccc1SC(F)(F)F. The fraction of sp³-hybridized carbons (Fsp3) is 0.500. The lowest BCUT2D eigenvalue weighted by atomic mass is 10.4. The minimum Gasteiger partial charge on any atom is -0.324 e. The molecular formula is C12H15ClF3O5PS2. The first kappa shape index (κ1) is 21.8. The maximum absolute atomic E-state index is 12.6. The van der Waals surface area contributed by atoms with E-state index in [4.69, 9.17) is 16.1 Å². The lowest BCUT2D eigenvalue weighted by Gasteiger charge is -2.18. The van der Waals surface area contributed by atoms with Gasteiger partial charge in [-0.1, -0.05) is 17.7 Å². The van der Waals surface area contributed by atoms with E-state index >= 15 is 0 Å². The molecule has 5 nitrogen and oxygen atoms in total. The lowest BCUT2D eigenvalue weighted by molar-refractivity contribution is -0.0329. The molecule has 0 bridgehead atoms. The second-order valence-electron chi connectivity index (χ2n) is 4.98. The van der Waals surface area contributed by atoms with Crippen molar-refractivity contribution >= 4 is 40.8 Å². The van der Waals surface area contributed by atoms with Crippen LogP contribution in [0, 0.1) is 0 Å². The molecule has 0 heterocycles. The molecule has 12 heteroatoms. The summed E-state index contributed by atoms with van der Waals surface area (Å²) in [6.07, 6.45) is -1.25. The Morgan fingerprint density at radius 2 is 1.92 bits per heavy atom. The van der Waals surface area contributed by atoms with Gasteiger partial charge in [0.15, 0.2) is 0 Å². The molecule has 0 radical (unpaired) electrons. The Morgan fingerprint density at radius 3 is 2.42 bits per heavy atom. The first-order valence-corrected chi connectivity index (χ1v) is 11.3. The summed E-state index contributed by atoms with van der Waals surface area (Å²) >= 11 is 5.11. The first-order chi connectivity index (χ1) is 10.7. The second kappa shape index (κ2) is 7.97. The van der Waals surface area contributed by atoms with Gasteiger partial charge in [-0.2, -0.15) is 21.6 Å². The van der Waals surface area contributed by atoms with E-state index in [9.17, 15) is 26.2 Å². The molecule has 0 amide bonds. The Kier molecular flexibility index (Phi) is 7.24. The minimum atomic E-state index is -4.71. The van der Waals surface area contributed by atoms with Crippen molar-refractivity contribution in [3.05, 3.63) is 23.2 Å². The molecule has 0 fully saturated rings. The summed E-state index contributed by atoms with van der Waals surface area (Å²) in [6, 6.07) is 3.26. The van der Waals surface area contributed by atoms with E-state index in [0.717, 1.165) is 12.1 Å². The predicted molar refractivity (Wildman–Crippen MR) is 86.3 cm³/mol. The molecule has 0 aliphatic carbocycles. The molecule has 1 atom stereocenters. The van der Waals surface area contributed by atoms with Crippen molar-refractivity contribution in [2.24, 2.45) is 0 Å². The number of halogens is 4. The summed E-state index contributed by atoms with van der Waals surface area (Å²) in [6.45, 7) is 4.36. The van der Waals surface area contributed by atoms with Crippen molar-refractivity contribution in [2.75, 3.05) is 13.0 Å². The minimum absolute atomic E-state index is 0.431. The normalized spacial score (nSPS) is 15.5. The van der Waals surface area contributed by atoms with Crippen molar-refractivity contribution in [3.8, 4) is 0 Å². The van der Waals surface area contributed by atoms with E-state index in [-0.39, 0.29) is 0 Å². The predicted octanol–water partition coefficient (Wildman–Crippen LogP) is 4.95. The van der Waals surface area contributed by atoms with Gasteiger partial charge < -0.3 is 4.52 Å². The van der Waals surface area contributed by atoms with Gasteiger partial charge in [0.05, 0.1) is 11.1 Å². The van der Waals surface area contributed by atoms with Crippen LogP contribution in [0.1, 0.15) is 13.8 Å². The molecule has 1 aromatic rings. The molecule has 138 valence electrons. The van der Waals surface area contributed by atoms with Crippen LogP contribution in [0.2, 0.25) is 5.02 Å². The van der Waals surface area contributed by atoms with Gasteiger partial charge >= 0.3 is 5.51 Å². The van der Waals surface area contributed by atoms with Crippen LogP contribution in [-0.4, -0.2) is 33.0 Å². The monoisotopic (exact) mass is 426 g/mol. The largest absolute Gasteiger partial charge is 0.446 e.